The quantitative estimate of drug-likeness (QED) is 0.242. The molecule has 2 N–H and O–H groups in total. The van der Waals surface area contributed by atoms with Gasteiger partial charge in [-0.05, 0) is 50.0 Å². The predicted molar refractivity (Wildman–Crippen MR) is 119 cm³/mol. The number of guanidine groups is 1. The van der Waals surface area contributed by atoms with Gasteiger partial charge >= 0.3 is 0 Å². The topological polar surface area (TPSA) is 45.7 Å². The van der Waals surface area contributed by atoms with E-state index in [1.54, 1.807) is 0 Å². The van der Waals surface area contributed by atoms with Crippen molar-refractivity contribution in [2.24, 2.45) is 16.3 Å². The summed E-state index contributed by atoms with van der Waals surface area (Å²) in [7, 11) is 0. The molecular weight excluding hydrogens is 433 g/mol. The zero-order valence-electron chi connectivity index (χ0n) is 16.2. The van der Waals surface area contributed by atoms with Gasteiger partial charge in [0.05, 0.1) is 6.10 Å². The van der Waals surface area contributed by atoms with Crippen LogP contribution < -0.4 is 10.6 Å². The highest BCUT2D eigenvalue weighted by Gasteiger charge is 2.35. The van der Waals surface area contributed by atoms with E-state index >= 15 is 0 Å². The summed E-state index contributed by atoms with van der Waals surface area (Å²) in [6.07, 6.45) is 7.31. The summed E-state index contributed by atoms with van der Waals surface area (Å²) in [6.45, 7) is 12.6. The van der Waals surface area contributed by atoms with Crippen LogP contribution in [0.15, 0.2) is 4.99 Å². The first-order valence-electron chi connectivity index (χ1n) is 9.11. The zero-order valence-corrected chi connectivity index (χ0v) is 19.3. The van der Waals surface area contributed by atoms with E-state index in [2.05, 4.69) is 44.6 Å². The fraction of sp³-hybridized carbons (Fsp3) is 0.944. The molecule has 4 nitrogen and oxygen atoms in total. The maximum atomic E-state index is 6.06. The van der Waals surface area contributed by atoms with Gasteiger partial charge in [-0.1, -0.05) is 20.8 Å². The number of unbranched alkanes of at least 4 members (excludes halogenated alkanes) is 1. The Hall–Kier alpha value is 0.310. The van der Waals surface area contributed by atoms with Gasteiger partial charge in [0.25, 0.3) is 0 Å². The van der Waals surface area contributed by atoms with Gasteiger partial charge in [0, 0.05) is 32.2 Å². The van der Waals surface area contributed by atoms with Crippen LogP contribution >= 0.6 is 35.7 Å². The molecule has 1 heterocycles. The van der Waals surface area contributed by atoms with E-state index in [4.69, 9.17) is 9.73 Å². The second kappa shape index (κ2) is 13.5. The molecule has 0 aliphatic carbocycles. The number of thioether (sulfide) groups is 1. The van der Waals surface area contributed by atoms with E-state index < -0.39 is 0 Å². The molecule has 2 atom stereocenters. The van der Waals surface area contributed by atoms with Gasteiger partial charge in [-0.15, -0.1) is 24.0 Å². The molecule has 0 spiro atoms. The standard InChI is InChI=1S/C18H37N3OS.HI/c1-6-19-17(20-11-7-8-13-23-5)21-14-15-10-9-12-22-16(15)18(2,3)4;/h15-16H,6-14H2,1-5H3,(H2,19,20,21);1H. The summed E-state index contributed by atoms with van der Waals surface area (Å²) < 4.78 is 6.06. The Morgan fingerprint density at radius 2 is 2.00 bits per heavy atom. The van der Waals surface area contributed by atoms with Crippen LogP contribution in [-0.4, -0.2) is 50.3 Å². The van der Waals surface area contributed by atoms with Crippen LogP contribution in [0.5, 0.6) is 0 Å². The highest BCUT2D eigenvalue weighted by molar-refractivity contribution is 14.0. The minimum absolute atomic E-state index is 0. The molecule has 0 radical (unpaired) electrons. The largest absolute Gasteiger partial charge is 0.377 e. The fourth-order valence-electron chi connectivity index (χ4n) is 3.12. The lowest BCUT2D eigenvalue weighted by atomic mass is 9.78. The second-order valence-corrected chi connectivity index (χ2v) is 8.39. The maximum Gasteiger partial charge on any atom is 0.191 e. The first-order chi connectivity index (χ1) is 11.0. The third-order valence-electron chi connectivity index (χ3n) is 4.19. The van der Waals surface area contributed by atoms with Crippen LogP contribution in [0.25, 0.3) is 0 Å². The molecule has 0 bridgehead atoms. The number of halogens is 1. The smallest absolute Gasteiger partial charge is 0.191 e. The molecule has 144 valence electrons. The van der Waals surface area contributed by atoms with Crippen LogP contribution in [0.3, 0.4) is 0 Å². The molecule has 6 heteroatoms. The maximum absolute atomic E-state index is 6.06. The molecule has 1 fully saturated rings. The molecule has 0 amide bonds. The van der Waals surface area contributed by atoms with E-state index in [1.807, 2.05) is 11.8 Å². The molecule has 2 unspecified atom stereocenters. The minimum Gasteiger partial charge on any atom is -0.377 e. The van der Waals surface area contributed by atoms with Gasteiger partial charge in [0.1, 0.15) is 0 Å². The summed E-state index contributed by atoms with van der Waals surface area (Å²) in [5.74, 6) is 2.72. The van der Waals surface area contributed by atoms with E-state index in [0.717, 1.165) is 38.6 Å². The Morgan fingerprint density at radius 3 is 2.62 bits per heavy atom. The van der Waals surface area contributed by atoms with Crippen molar-refractivity contribution >= 4 is 41.7 Å². The van der Waals surface area contributed by atoms with Crippen molar-refractivity contribution < 1.29 is 4.74 Å². The van der Waals surface area contributed by atoms with Crippen LogP contribution in [0.1, 0.15) is 53.4 Å². The number of hydrogen-bond donors (Lipinski definition) is 2. The highest BCUT2D eigenvalue weighted by atomic mass is 127. The zero-order chi connectivity index (χ0) is 17.1. The van der Waals surface area contributed by atoms with Gasteiger partial charge in [-0.25, -0.2) is 0 Å². The van der Waals surface area contributed by atoms with Crippen molar-refractivity contribution in [3.63, 3.8) is 0 Å². The molecule has 1 saturated heterocycles. The van der Waals surface area contributed by atoms with Crippen LogP contribution in [0, 0.1) is 11.3 Å². The first kappa shape index (κ1) is 24.3. The molecule has 1 aliphatic rings. The molecule has 0 aromatic heterocycles. The van der Waals surface area contributed by atoms with E-state index in [-0.39, 0.29) is 29.4 Å². The first-order valence-corrected chi connectivity index (χ1v) is 10.5. The molecule has 0 aromatic rings. The lowest BCUT2D eigenvalue weighted by Gasteiger charge is -2.39. The normalized spacial score (nSPS) is 22.0. The Labute approximate surface area is 170 Å². The number of hydrogen-bond acceptors (Lipinski definition) is 3. The monoisotopic (exact) mass is 471 g/mol. The van der Waals surface area contributed by atoms with Gasteiger partial charge < -0.3 is 15.4 Å². The number of nitrogens with zero attached hydrogens (tertiary/aromatic N) is 1. The Balaban J connectivity index is 0.00000529. The Morgan fingerprint density at radius 1 is 1.25 bits per heavy atom. The van der Waals surface area contributed by atoms with Crippen molar-refractivity contribution in [2.45, 2.75) is 59.5 Å². The highest BCUT2D eigenvalue weighted by Crippen LogP contribution is 2.34. The molecule has 0 saturated carbocycles. The lowest BCUT2D eigenvalue weighted by Crippen LogP contribution is -2.42. The third-order valence-corrected chi connectivity index (χ3v) is 4.89. The number of rotatable bonds is 8. The number of ether oxygens (including phenoxy) is 1. The molecule has 1 rings (SSSR count). The van der Waals surface area contributed by atoms with Crippen LogP contribution in [0.2, 0.25) is 0 Å². The molecular formula is C18H38IN3OS. The number of nitrogens with one attached hydrogen (secondary N) is 2. The van der Waals surface area contributed by atoms with Crippen molar-refractivity contribution in [3.05, 3.63) is 0 Å². The Bertz CT molecular complexity index is 348. The van der Waals surface area contributed by atoms with Gasteiger partial charge in [0.2, 0.25) is 0 Å². The van der Waals surface area contributed by atoms with Crippen molar-refractivity contribution in [3.8, 4) is 0 Å². The summed E-state index contributed by atoms with van der Waals surface area (Å²) in [4.78, 5) is 4.83. The Kier molecular flexibility index (Phi) is 13.7. The van der Waals surface area contributed by atoms with E-state index in [9.17, 15) is 0 Å². The molecule has 1 aliphatic heterocycles. The summed E-state index contributed by atoms with van der Waals surface area (Å²) >= 11 is 1.91. The SMILES string of the molecule is CCNC(=NCC1CCCOC1C(C)(C)C)NCCCCSC.I. The fourth-order valence-corrected chi connectivity index (χ4v) is 3.61. The van der Waals surface area contributed by atoms with Gasteiger partial charge in [0.15, 0.2) is 5.96 Å². The lowest BCUT2D eigenvalue weighted by molar-refractivity contribution is -0.0823. The van der Waals surface area contributed by atoms with E-state index in [0.29, 0.717) is 12.0 Å². The third kappa shape index (κ3) is 9.70. The summed E-state index contributed by atoms with van der Waals surface area (Å²) in [5, 5.41) is 6.82. The average Bonchev–Trinajstić information content (AvgIpc) is 2.51. The molecule has 24 heavy (non-hydrogen) atoms. The van der Waals surface area contributed by atoms with Crippen molar-refractivity contribution in [1.82, 2.24) is 10.6 Å². The second-order valence-electron chi connectivity index (χ2n) is 7.41. The van der Waals surface area contributed by atoms with Crippen LogP contribution in [0.4, 0.5) is 0 Å². The van der Waals surface area contributed by atoms with Crippen molar-refractivity contribution in [2.75, 3.05) is 38.2 Å². The minimum atomic E-state index is 0. The predicted octanol–water partition coefficient (Wildman–Crippen LogP) is 4.14. The van der Waals surface area contributed by atoms with Gasteiger partial charge in [-0.2, -0.15) is 11.8 Å². The van der Waals surface area contributed by atoms with Crippen LogP contribution in [-0.2, 0) is 4.74 Å². The van der Waals surface area contributed by atoms with E-state index in [1.165, 1.54) is 25.0 Å². The number of aliphatic imine (C=N–C) groups is 1. The van der Waals surface area contributed by atoms with Crippen molar-refractivity contribution in [1.29, 1.82) is 0 Å². The molecule has 0 aromatic carbocycles. The van der Waals surface area contributed by atoms with Gasteiger partial charge in [-0.3, -0.25) is 4.99 Å². The summed E-state index contributed by atoms with van der Waals surface area (Å²) in [6, 6.07) is 0. The average molecular weight is 471 g/mol. The summed E-state index contributed by atoms with van der Waals surface area (Å²) in [5.41, 5.74) is 0.185.